The van der Waals surface area contributed by atoms with Gasteiger partial charge in [-0.25, -0.2) is 8.78 Å². The van der Waals surface area contributed by atoms with Crippen molar-refractivity contribution in [2.75, 3.05) is 10.6 Å². The second-order valence-electron chi connectivity index (χ2n) is 4.79. The molecule has 1 aliphatic rings. The molecule has 1 atom stereocenters. The Hall–Kier alpha value is -1.95. The van der Waals surface area contributed by atoms with E-state index in [-0.39, 0.29) is 10.2 Å². The minimum Gasteiger partial charge on any atom is -0.373 e. The zero-order valence-electron chi connectivity index (χ0n) is 10.8. The van der Waals surface area contributed by atoms with E-state index < -0.39 is 23.6 Å². The van der Waals surface area contributed by atoms with E-state index in [0.717, 1.165) is 23.4 Å². The lowest BCUT2D eigenvalue weighted by molar-refractivity contribution is -0.116. The third-order valence-electron chi connectivity index (χ3n) is 3.36. The summed E-state index contributed by atoms with van der Waals surface area (Å²) in [6.45, 7) is 0. The Labute approximate surface area is 128 Å². The van der Waals surface area contributed by atoms with Gasteiger partial charge in [-0.1, -0.05) is 18.2 Å². The highest BCUT2D eigenvalue weighted by atomic mass is 79.9. The van der Waals surface area contributed by atoms with Gasteiger partial charge in [-0.3, -0.25) is 4.79 Å². The van der Waals surface area contributed by atoms with E-state index in [1.165, 1.54) is 0 Å². The third kappa shape index (κ3) is 2.76. The van der Waals surface area contributed by atoms with Crippen LogP contribution in [0.1, 0.15) is 5.56 Å². The molecule has 3 rings (SSSR count). The molecule has 3 nitrogen and oxygen atoms in total. The highest BCUT2D eigenvalue weighted by molar-refractivity contribution is 9.10. The second kappa shape index (κ2) is 5.44. The minimum atomic E-state index is -0.688. The van der Waals surface area contributed by atoms with Gasteiger partial charge in [-0.15, -0.1) is 0 Å². The van der Waals surface area contributed by atoms with E-state index in [0.29, 0.717) is 6.42 Å². The standard InChI is InChI=1S/C15H11BrF2N2O/c16-9-6-11(18)13(7-10(9)17)20-15(21)14-5-8-3-1-2-4-12(8)19-14/h1-4,6-7,14,19H,5H2,(H,20,21)/t14-/m0/s1. The molecule has 2 aromatic rings. The molecule has 6 heteroatoms. The fourth-order valence-electron chi connectivity index (χ4n) is 2.29. The topological polar surface area (TPSA) is 41.1 Å². The van der Waals surface area contributed by atoms with Crippen LogP contribution in [0.25, 0.3) is 0 Å². The maximum atomic E-state index is 13.7. The van der Waals surface area contributed by atoms with Gasteiger partial charge in [0.2, 0.25) is 5.91 Å². The highest BCUT2D eigenvalue weighted by Gasteiger charge is 2.27. The molecule has 0 bridgehead atoms. The molecule has 0 spiro atoms. The lowest BCUT2D eigenvalue weighted by Gasteiger charge is -2.13. The summed E-state index contributed by atoms with van der Waals surface area (Å²) in [5.41, 5.74) is 1.75. The maximum Gasteiger partial charge on any atom is 0.247 e. The van der Waals surface area contributed by atoms with Gasteiger partial charge in [0.15, 0.2) is 0 Å². The third-order valence-corrected chi connectivity index (χ3v) is 3.96. The molecule has 2 aromatic carbocycles. The predicted octanol–water partition coefficient (Wildman–Crippen LogP) is 3.70. The Morgan fingerprint density at radius 1 is 1.24 bits per heavy atom. The van der Waals surface area contributed by atoms with Gasteiger partial charge in [-0.2, -0.15) is 0 Å². The van der Waals surface area contributed by atoms with Gasteiger partial charge in [0, 0.05) is 18.2 Å². The van der Waals surface area contributed by atoms with Crippen LogP contribution in [0.4, 0.5) is 20.2 Å². The van der Waals surface area contributed by atoms with E-state index in [1.54, 1.807) is 0 Å². The molecule has 0 radical (unpaired) electrons. The molecule has 1 heterocycles. The second-order valence-corrected chi connectivity index (χ2v) is 5.65. The highest BCUT2D eigenvalue weighted by Crippen LogP contribution is 2.27. The summed E-state index contributed by atoms with van der Waals surface area (Å²) >= 11 is 2.89. The molecule has 0 fully saturated rings. The smallest absolute Gasteiger partial charge is 0.247 e. The average molecular weight is 353 g/mol. The van der Waals surface area contributed by atoms with Gasteiger partial charge >= 0.3 is 0 Å². The lowest BCUT2D eigenvalue weighted by atomic mass is 10.1. The van der Waals surface area contributed by atoms with Gasteiger partial charge in [0.25, 0.3) is 0 Å². The van der Waals surface area contributed by atoms with Crippen LogP contribution in [-0.2, 0) is 11.2 Å². The lowest BCUT2D eigenvalue weighted by Crippen LogP contribution is -2.33. The molecule has 0 saturated heterocycles. The van der Waals surface area contributed by atoms with Crippen molar-refractivity contribution >= 4 is 33.2 Å². The van der Waals surface area contributed by atoms with Gasteiger partial charge in [0.1, 0.15) is 17.7 Å². The Morgan fingerprint density at radius 3 is 2.76 bits per heavy atom. The number of anilines is 2. The summed E-state index contributed by atoms with van der Waals surface area (Å²) in [4.78, 5) is 12.2. The van der Waals surface area contributed by atoms with Crippen molar-refractivity contribution in [1.82, 2.24) is 0 Å². The molecule has 21 heavy (non-hydrogen) atoms. The minimum absolute atomic E-state index is 0.0180. The Morgan fingerprint density at radius 2 is 2.00 bits per heavy atom. The van der Waals surface area contributed by atoms with Crippen LogP contribution in [-0.4, -0.2) is 11.9 Å². The number of carbonyl (C=O) groups is 1. The molecule has 0 aromatic heterocycles. The SMILES string of the molecule is O=C(Nc1cc(F)c(Br)cc1F)[C@@H]1Cc2ccccc2N1. The van der Waals surface area contributed by atoms with Gasteiger partial charge < -0.3 is 10.6 Å². The number of carbonyl (C=O) groups excluding carboxylic acids is 1. The molecule has 108 valence electrons. The van der Waals surface area contributed by atoms with Crippen molar-refractivity contribution < 1.29 is 13.6 Å². The van der Waals surface area contributed by atoms with E-state index in [2.05, 4.69) is 26.6 Å². The maximum absolute atomic E-state index is 13.7. The first-order chi connectivity index (χ1) is 10.0. The number of hydrogen-bond donors (Lipinski definition) is 2. The largest absolute Gasteiger partial charge is 0.373 e. The summed E-state index contributed by atoms with van der Waals surface area (Å²) in [7, 11) is 0. The molecule has 0 saturated carbocycles. The molecular formula is C15H11BrF2N2O. The van der Waals surface area contributed by atoms with Crippen LogP contribution in [0.2, 0.25) is 0 Å². The number of nitrogens with one attached hydrogen (secondary N) is 2. The zero-order chi connectivity index (χ0) is 15.0. The Balaban J connectivity index is 1.75. The van der Waals surface area contributed by atoms with E-state index >= 15 is 0 Å². The van der Waals surface area contributed by atoms with Crippen LogP contribution >= 0.6 is 15.9 Å². The fourth-order valence-corrected chi connectivity index (χ4v) is 2.61. The molecule has 0 unspecified atom stereocenters. The van der Waals surface area contributed by atoms with E-state index in [1.807, 2.05) is 24.3 Å². The first kappa shape index (κ1) is 14.0. The van der Waals surface area contributed by atoms with E-state index in [9.17, 15) is 13.6 Å². The molecule has 0 aliphatic carbocycles. The molecule has 2 N–H and O–H groups in total. The Kier molecular flexibility index (Phi) is 3.63. The normalized spacial score (nSPS) is 16.2. The zero-order valence-corrected chi connectivity index (χ0v) is 12.4. The fraction of sp³-hybridized carbons (Fsp3) is 0.133. The summed E-state index contributed by atoms with van der Waals surface area (Å²) in [6.07, 6.45) is 0.517. The van der Waals surface area contributed by atoms with Crippen LogP contribution in [0.5, 0.6) is 0 Å². The number of amides is 1. The van der Waals surface area contributed by atoms with Gasteiger partial charge in [-0.05, 0) is 33.6 Å². The quantitative estimate of drug-likeness (QED) is 0.809. The van der Waals surface area contributed by atoms with Crippen LogP contribution in [0.3, 0.4) is 0 Å². The van der Waals surface area contributed by atoms with Crippen LogP contribution in [0, 0.1) is 11.6 Å². The number of halogens is 3. The number of hydrogen-bond acceptors (Lipinski definition) is 2. The number of benzene rings is 2. The molecule has 1 aliphatic heterocycles. The van der Waals surface area contributed by atoms with Gasteiger partial charge in [0.05, 0.1) is 10.2 Å². The van der Waals surface area contributed by atoms with Crippen molar-refractivity contribution in [2.24, 2.45) is 0 Å². The summed E-state index contributed by atoms with van der Waals surface area (Å²) in [6, 6.07) is 9.02. The van der Waals surface area contributed by atoms with Crippen LogP contribution in [0.15, 0.2) is 40.9 Å². The van der Waals surface area contributed by atoms with Crippen molar-refractivity contribution in [3.63, 3.8) is 0 Å². The summed E-state index contributed by atoms with van der Waals surface area (Å²) in [5, 5.41) is 5.48. The molecular weight excluding hydrogens is 342 g/mol. The summed E-state index contributed by atoms with van der Waals surface area (Å²) in [5.74, 6) is -1.71. The first-order valence-electron chi connectivity index (χ1n) is 6.34. The number of para-hydroxylation sites is 1. The average Bonchev–Trinajstić information content (AvgIpc) is 2.88. The van der Waals surface area contributed by atoms with Crippen molar-refractivity contribution in [3.8, 4) is 0 Å². The number of fused-ring (bicyclic) bond motifs is 1. The van der Waals surface area contributed by atoms with Crippen molar-refractivity contribution in [2.45, 2.75) is 12.5 Å². The van der Waals surface area contributed by atoms with Crippen LogP contribution < -0.4 is 10.6 Å². The van der Waals surface area contributed by atoms with Crippen molar-refractivity contribution in [1.29, 1.82) is 0 Å². The predicted molar refractivity (Wildman–Crippen MR) is 80.2 cm³/mol. The van der Waals surface area contributed by atoms with E-state index in [4.69, 9.17) is 0 Å². The monoisotopic (exact) mass is 352 g/mol. The Bertz CT molecular complexity index is 696. The first-order valence-corrected chi connectivity index (χ1v) is 7.14. The van der Waals surface area contributed by atoms with Crippen molar-refractivity contribution in [3.05, 3.63) is 58.1 Å². The summed E-state index contributed by atoms with van der Waals surface area (Å²) < 4.78 is 27.1. The molecule has 1 amide bonds. The number of rotatable bonds is 2.